The summed E-state index contributed by atoms with van der Waals surface area (Å²) in [6, 6.07) is 4.84. The van der Waals surface area contributed by atoms with Crippen molar-refractivity contribution < 1.29 is 9.50 Å². The summed E-state index contributed by atoms with van der Waals surface area (Å²) < 4.78 is 13.8. The highest BCUT2D eigenvalue weighted by molar-refractivity contribution is 9.10. The van der Waals surface area contributed by atoms with Crippen LogP contribution in [0.4, 0.5) is 4.39 Å². The number of halogens is 2. The first kappa shape index (κ1) is 11.2. The van der Waals surface area contributed by atoms with Crippen LogP contribution in [0.15, 0.2) is 22.7 Å². The summed E-state index contributed by atoms with van der Waals surface area (Å²) in [5.74, 6) is 4.95. The van der Waals surface area contributed by atoms with E-state index in [0.29, 0.717) is 4.47 Å². The van der Waals surface area contributed by atoms with Crippen molar-refractivity contribution in [3.05, 3.63) is 34.1 Å². The van der Waals surface area contributed by atoms with Crippen molar-refractivity contribution in [3.63, 3.8) is 0 Å². The summed E-state index contributed by atoms with van der Waals surface area (Å²) in [5, 5.41) is 9.59. The molecule has 1 aromatic carbocycles. The predicted octanol–water partition coefficient (Wildman–Crippen LogP) is 3.04. The molecule has 74 valence electrons. The Hall–Kier alpha value is -0.850. The molecule has 0 heterocycles. The first-order valence-electron chi connectivity index (χ1n) is 4.18. The molecule has 0 saturated heterocycles. The molecule has 0 saturated carbocycles. The Morgan fingerprint density at radius 2 is 2.29 bits per heavy atom. The van der Waals surface area contributed by atoms with Gasteiger partial charge in [-0.25, -0.2) is 4.39 Å². The van der Waals surface area contributed by atoms with Crippen molar-refractivity contribution in [2.45, 2.75) is 19.4 Å². The number of hydrogen-bond acceptors (Lipinski definition) is 1. The molecule has 1 rings (SSSR count). The van der Waals surface area contributed by atoms with Crippen LogP contribution in [0.5, 0.6) is 0 Å². The van der Waals surface area contributed by atoms with Crippen molar-refractivity contribution in [2.75, 3.05) is 0 Å². The fraction of sp³-hybridized carbons (Fsp3) is 0.273. The molecule has 0 radical (unpaired) electrons. The zero-order chi connectivity index (χ0) is 10.6. The van der Waals surface area contributed by atoms with Crippen LogP contribution in [0.3, 0.4) is 0 Å². The molecular formula is C11H10BrFO. The monoisotopic (exact) mass is 256 g/mol. The molecule has 1 unspecified atom stereocenters. The van der Waals surface area contributed by atoms with Gasteiger partial charge in [0, 0.05) is 12.0 Å². The Morgan fingerprint density at radius 1 is 1.57 bits per heavy atom. The topological polar surface area (TPSA) is 20.2 Å². The summed E-state index contributed by atoms with van der Waals surface area (Å²) >= 11 is 3.06. The average Bonchev–Trinajstić information content (AvgIpc) is 2.18. The zero-order valence-electron chi connectivity index (χ0n) is 7.72. The van der Waals surface area contributed by atoms with Crippen molar-refractivity contribution in [1.82, 2.24) is 0 Å². The van der Waals surface area contributed by atoms with Gasteiger partial charge < -0.3 is 5.11 Å². The third kappa shape index (κ3) is 2.57. The number of aliphatic hydroxyl groups is 1. The molecule has 0 aliphatic carbocycles. The fourth-order valence-electron chi connectivity index (χ4n) is 1.09. The minimum atomic E-state index is -0.861. The number of benzene rings is 1. The van der Waals surface area contributed by atoms with Crippen LogP contribution in [0.25, 0.3) is 0 Å². The summed E-state index contributed by atoms with van der Waals surface area (Å²) in [6.45, 7) is 1.68. The second kappa shape index (κ2) is 5.14. The normalized spacial score (nSPS) is 11.7. The van der Waals surface area contributed by atoms with Crippen molar-refractivity contribution >= 4 is 15.9 Å². The predicted molar refractivity (Wildman–Crippen MR) is 57.1 cm³/mol. The average molecular weight is 257 g/mol. The van der Waals surface area contributed by atoms with Gasteiger partial charge >= 0.3 is 0 Å². The molecular weight excluding hydrogens is 247 g/mol. The van der Waals surface area contributed by atoms with Crippen LogP contribution in [0.2, 0.25) is 0 Å². The summed E-state index contributed by atoms with van der Waals surface area (Å²) in [5.41, 5.74) is 0.280. The maximum Gasteiger partial charge on any atom is 0.143 e. The Morgan fingerprint density at radius 3 is 2.93 bits per heavy atom. The van der Waals surface area contributed by atoms with Crippen LogP contribution in [0, 0.1) is 17.7 Å². The van der Waals surface area contributed by atoms with E-state index in [1.165, 1.54) is 0 Å². The van der Waals surface area contributed by atoms with E-state index in [9.17, 15) is 9.50 Å². The largest absolute Gasteiger partial charge is 0.387 e. The molecule has 0 aliphatic rings. The highest BCUT2D eigenvalue weighted by Gasteiger charge is 2.13. The van der Waals surface area contributed by atoms with Crippen LogP contribution in [0.1, 0.15) is 25.0 Å². The van der Waals surface area contributed by atoms with Gasteiger partial charge in [-0.05, 0) is 28.9 Å². The molecule has 1 N–H and O–H groups in total. The Balaban J connectivity index is 2.93. The molecule has 0 aliphatic heterocycles. The molecule has 0 fully saturated rings. The molecule has 14 heavy (non-hydrogen) atoms. The zero-order valence-corrected chi connectivity index (χ0v) is 9.31. The molecule has 1 aromatic rings. The van der Waals surface area contributed by atoms with Crippen LogP contribution >= 0.6 is 15.9 Å². The SMILES string of the molecule is CC#CCC(O)c1cccc(Br)c1F. The summed E-state index contributed by atoms with van der Waals surface area (Å²) in [6.07, 6.45) is -0.607. The maximum atomic E-state index is 13.4. The smallest absolute Gasteiger partial charge is 0.143 e. The standard InChI is InChI=1S/C11H10BrFO/c1-2-3-7-10(14)8-5-4-6-9(12)11(8)13/h4-6,10,14H,7H2,1H3. The molecule has 0 bridgehead atoms. The van der Waals surface area contributed by atoms with E-state index in [1.54, 1.807) is 25.1 Å². The van der Waals surface area contributed by atoms with Gasteiger partial charge in [0.2, 0.25) is 0 Å². The number of aliphatic hydroxyl groups excluding tert-OH is 1. The minimum Gasteiger partial charge on any atom is -0.387 e. The minimum absolute atomic E-state index is 0.254. The van der Waals surface area contributed by atoms with Gasteiger partial charge in [-0.15, -0.1) is 11.8 Å². The summed E-state index contributed by atoms with van der Waals surface area (Å²) in [7, 11) is 0. The van der Waals surface area contributed by atoms with Gasteiger partial charge in [-0.1, -0.05) is 12.1 Å². The van der Waals surface area contributed by atoms with Crippen molar-refractivity contribution in [3.8, 4) is 11.8 Å². The van der Waals surface area contributed by atoms with Gasteiger partial charge in [0.25, 0.3) is 0 Å². The van der Waals surface area contributed by atoms with Crippen LogP contribution < -0.4 is 0 Å². The highest BCUT2D eigenvalue weighted by atomic mass is 79.9. The van der Waals surface area contributed by atoms with E-state index in [0.717, 1.165) is 0 Å². The lowest BCUT2D eigenvalue weighted by molar-refractivity contribution is 0.179. The van der Waals surface area contributed by atoms with Gasteiger partial charge in [0.15, 0.2) is 0 Å². The van der Waals surface area contributed by atoms with Crippen LogP contribution in [-0.4, -0.2) is 5.11 Å². The van der Waals surface area contributed by atoms with E-state index in [2.05, 4.69) is 27.8 Å². The van der Waals surface area contributed by atoms with E-state index in [-0.39, 0.29) is 12.0 Å². The molecule has 1 atom stereocenters. The third-order valence-corrected chi connectivity index (χ3v) is 2.43. The van der Waals surface area contributed by atoms with Gasteiger partial charge in [0.1, 0.15) is 5.82 Å². The second-order valence-electron chi connectivity index (χ2n) is 2.79. The van der Waals surface area contributed by atoms with Gasteiger partial charge in [-0.2, -0.15) is 0 Å². The van der Waals surface area contributed by atoms with Gasteiger partial charge in [-0.3, -0.25) is 0 Å². The number of hydrogen-bond donors (Lipinski definition) is 1. The van der Waals surface area contributed by atoms with Gasteiger partial charge in [0.05, 0.1) is 10.6 Å². The second-order valence-corrected chi connectivity index (χ2v) is 3.64. The Kier molecular flexibility index (Phi) is 4.12. The fourth-order valence-corrected chi connectivity index (χ4v) is 1.47. The Labute approximate surface area is 91.1 Å². The quantitative estimate of drug-likeness (QED) is 0.807. The molecule has 0 spiro atoms. The van der Waals surface area contributed by atoms with Crippen LogP contribution in [-0.2, 0) is 0 Å². The van der Waals surface area contributed by atoms with E-state index >= 15 is 0 Å². The lowest BCUT2D eigenvalue weighted by Gasteiger charge is -2.09. The third-order valence-electron chi connectivity index (χ3n) is 1.81. The van der Waals surface area contributed by atoms with E-state index in [4.69, 9.17) is 0 Å². The van der Waals surface area contributed by atoms with Crippen molar-refractivity contribution in [2.24, 2.45) is 0 Å². The highest BCUT2D eigenvalue weighted by Crippen LogP contribution is 2.25. The summed E-state index contributed by atoms with van der Waals surface area (Å²) in [4.78, 5) is 0. The lowest BCUT2D eigenvalue weighted by Crippen LogP contribution is -1.99. The first-order chi connectivity index (χ1) is 6.66. The lowest BCUT2D eigenvalue weighted by atomic mass is 10.1. The van der Waals surface area contributed by atoms with Crippen molar-refractivity contribution in [1.29, 1.82) is 0 Å². The Bertz CT molecular complexity index is 379. The molecule has 1 nitrogen and oxygen atoms in total. The number of rotatable bonds is 2. The molecule has 0 amide bonds. The maximum absolute atomic E-state index is 13.4. The molecule has 3 heteroatoms. The van der Waals surface area contributed by atoms with E-state index < -0.39 is 11.9 Å². The molecule has 0 aromatic heterocycles. The van der Waals surface area contributed by atoms with E-state index in [1.807, 2.05) is 0 Å². The first-order valence-corrected chi connectivity index (χ1v) is 4.97.